The second kappa shape index (κ2) is 6.84. The summed E-state index contributed by atoms with van der Waals surface area (Å²) >= 11 is 0. The minimum atomic E-state index is -0.590. The van der Waals surface area contributed by atoms with Gasteiger partial charge >= 0.3 is 0 Å². The Morgan fingerprint density at radius 1 is 1.19 bits per heavy atom. The van der Waals surface area contributed by atoms with Gasteiger partial charge in [-0.1, -0.05) is 18.2 Å². The minimum absolute atomic E-state index is 0.0232. The number of carbonyl (C=O) groups is 1. The molecule has 1 aromatic heterocycles. The van der Waals surface area contributed by atoms with Gasteiger partial charge in [0.25, 0.3) is 5.56 Å². The summed E-state index contributed by atoms with van der Waals surface area (Å²) in [6.45, 7) is 0. The largest absolute Gasteiger partial charge is 0.350 e. The van der Waals surface area contributed by atoms with Crippen molar-refractivity contribution >= 4 is 11.5 Å². The van der Waals surface area contributed by atoms with Crippen LogP contribution in [0.25, 0.3) is 5.57 Å². The van der Waals surface area contributed by atoms with Crippen LogP contribution < -0.4 is 10.9 Å². The first-order valence-electron chi connectivity index (χ1n) is 9.00. The number of halogens is 1. The molecule has 2 N–H and O–H groups in total. The Morgan fingerprint density at radius 3 is 2.63 bits per heavy atom. The van der Waals surface area contributed by atoms with Crippen LogP contribution in [0.4, 0.5) is 4.39 Å². The molecular formula is C21H18FN3O2. The molecule has 0 unspecified atom stereocenters. The molecule has 1 saturated carbocycles. The molecule has 1 atom stereocenters. The zero-order valence-corrected chi connectivity index (χ0v) is 14.6. The third kappa shape index (κ3) is 3.54. The molecule has 5 nitrogen and oxygen atoms in total. The second-order valence-electron chi connectivity index (χ2n) is 7.03. The minimum Gasteiger partial charge on any atom is -0.350 e. The summed E-state index contributed by atoms with van der Waals surface area (Å²) in [5.41, 5.74) is 2.46. The third-order valence-corrected chi connectivity index (χ3v) is 5.04. The number of rotatable bonds is 4. The molecule has 2 heterocycles. The summed E-state index contributed by atoms with van der Waals surface area (Å²) in [7, 11) is 0. The fourth-order valence-electron chi connectivity index (χ4n) is 3.44. The Bertz CT molecular complexity index is 1040. The van der Waals surface area contributed by atoms with Crippen LogP contribution in [0.15, 0.2) is 41.2 Å². The van der Waals surface area contributed by atoms with Crippen LogP contribution in [0.3, 0.4) is 0 Å². The molecule has 4 rings (SSSR count). The zero-order valence-electron chi connectivity index (χ0n) is 14.6. The van der Waals surface area contributed by atoms with E-state index < -0.39 is 5.82 Å². The lowest BCUT2D eigenvalue weighted by Gasteiger charge is -2.13. The van der Waals surface area contributed by atoms with Crippen molar-refractivity contribution in [2.75, 3.05) is 0 Å². The topological polar surface area (TPSA) is 85.8 Å². The summed E-state index contributed by atoms with van der Waals surface area (Å²) in [5.74, 6) is -0.280. The van der Waals surface area contributed by atoms with Gasteiger partial charge in [-0.3, -0.25) is 9.59 Å². The fraction of sp³-hybridized carbons (Fsp3) is 0.286. The Labute approximate surface area is 155 Å². The highest BCUT2D eigenvalue weighted by Crippen LogP contribution is 2.38. The summed E-state index contributed by atoms with van der Waals surface area (Å²) in [4.78, 5) is 26.9. The fourth-order valence-corrected chi connectivity index (χ4v) is 3.44. The maximum Gasteiger partial charge on any atom is 0.251 e. The van der Waals surface area contributed by atoms with Crippen molar-refractivity contribution in [2.45, 2.75) is 37.6 Å². The van der Waals surface area contributed by atoms with Gasteiger partial charge in [-0.05, 0) is 48.9 Å². The van der Waals surface area contributed by atoms with Crippen molar-refractivity contribution in [1.29, 1.82) is 5.26 Å². The SMILES string of the molecule is N#Cc1cc(/C(=C\[C@H]2CCC(=O)N2)c2ccc(C3CC3)c(=O)[nH]2)ccc1F. The molecule has 1 amide bonds. The number of hydrogen-bond donors (Lipinski definition) is 2. The van der Waals surface area contributed by atoms with Gasteiger partial charge in [0.2, 0.25) is 5.91 Å². The van der Waals surface area contributed by atoms with Crippen molar-refractivity contribution in [2.24, 2.45) is 0 Å². The van der Waals surface area contributed by atoms with E-state index in [0.29, 0.717) is 35.6 Å². The molecule has 1 aliphatic carbocycles. The maximum absolute atomic E-state index is 13.7. The monoisotopic (exact) mass is 363 g/mol. The van der Waals surface area contributed by atoms with E-state index >= 15 is 0 Å². The quantitative estimate of drug-likeness (QED) is 0.876. The van der Waals surface area contributed by atoms with Crippen molar-refractivity contribution < 1.29 is 9.18 Å². The highest BCUT2D eigenvalue weighted by Gasteiger charge is 2.26. The van der Waals surface area contributed by atoms with E-state index in [-0.39, 0.29) is 23.1 Å². The maximum atomic E-state index is 13.7. The number of nitriles is 1. The van der Waals surface area contributed by atoms with Crippen LogP contribution in [0.1, 0.15) is 54.0 Å². The molecule has 1 aromatic carbocycles. The number of aromatic amines is 1. The average molecular weight is 363 g/mol. The summed E-state index contributed by atoms with van der Waals surface area (Å²) in [6.07, 6.45) is 5.02. The predicted octanol–water partition coefficient (Wildman–Crippen LogP) is 2.97. The second-order valence-corrected chi connectivity index (χ2v) is 7.03. The van der Waals surface area contributed by atoms with Crippen molar-refractivity contribution in [1.82, 2.24) is 10.3 Å². The number of benzene rings is 1. The van der Waals surface area contributed by atoms with Gasteiger partial charge in [0.15, 0.2) is 0 Å². The molecule has 136 valence electrons. The van der Waals surface area contributed by atoms with E-state index in [1.807, 2.05) is 24.3 Å². The molecule has 0 bridgehead atoms. The predicted molar refractivity (Wildman–Crippen MR) is 98.4 cm³/mol. The number of nitrogens with zero attached hydrogens (tertiary/aromatic N) is 1. The van der Waals surface area contributed by atoms with Gasteiger partial charge in [-0.2, -0.15) is 5.26 Å². The highest BCUT2D eigenvalue weighted by atomic mass is 19.1. The zero-order chi connectivity index (χ0) is 19.0. The molecule has 2 aliphatic rings. The van der Waals surface area contributed by atoms with Crippen molar-refractivity contribution in [3.8, 4) is 6.07 Å². The van der Waals surface area contributed by atoms with Gasteiger partial charge in [-0.25, -0.2) is 4.39 Å². The lowest BCUT2D eigenvalue weighted by molar-refractivity contribution is -0.119. The van der Waals surface area contributed by atoms with E-state index in [4.69, 9.17) is 5.26 Å². The molecule has 6 heteroatoms. The highest BCUT2D eigenvalue weighted by molar-refractivity contribution is 5.82. The van der Waals surface area contributed by atoms with Crippen LogP contribution >= 0.6 is 0 Å². The summed E-state index contributed by atoms with van der Waals surface area (Å²) in [5, 5.41) is 12.0. The van der Waals surface area contributed by atoms with Crippen LogP contribution in [0.2, 0.25) is 0 Å². The van der Waals surface area contributed by atoms with Gasteiger partial charge in [0.05, 0.1) is 5.56 Å². The molecule has 27 heavy (non-hydrogen) atoms. The number of pyridine rings is 1. The Balaban J connectivity index is 1.80. The van der Waals surface area contributed by atoms with Crippen LogP contribution in [-0.2, 0) is 4.79 Å². The van der Waals surface area contributed by atoms with E-state index in [1.54, 1.807) is 6.07 Å². The first kappa shape index (κ1) is 17.2. The van der Waals surface area contributed by atoms with Gasteiger partial charge < -0.3 is 10.3 Å². The standard InChI is InChI=1S/C21H18FN3O2/c22-18-6-3-13(9-14(18)11-23)17(10-15-4-8-20(26)24-15)19-7-5-16(12-1-2-12)21(27)25-19/h3,5-7,9-10,12,15H,1-2,4,8H2,(H,24,26)(H,25,27)/b17-10+/t15-/m1/s1. The smallest absolute Gasteiger partial charge is 0.251 e. The first-order chi connectivity index (χ1) is 13.0. The summed E-state index contributed by atoms with van der Waals surface area (Å²) < 4.78 is 13.7. The number of amides is 1. The number of hydrogen-bond acceptors (Lipinski definition) is 3. The molecule has 0 radical (unpaired) electrons. The molecule has 2 fully saturated rings. The van der Waals surface area contributed by atoms with Gasteiger partial charge in [0.1, 0.15) is 11.9 Å². The Morgan fingerprint density at radius 2 is 2.00 bits per heavy atom. The summed E-state index contributed by atoms with van der Waals surface area (Å²) in [6, 6.07) is 9.63. The van der Waals surface area contributed by atoms with E-state index in [9.17, 15) is 14.0 Å². The lowest BCUT2D eigenvalue weighted by atomic mass is 9.97. The lowest BCUT2D eigenvalue weighted by Crippen LogP contribution is -2.23. The number of aromatic nitrogens is 1. The molecule has 1 aliphatic heterocycles. The van der Waals surface area contributed by atoms with Crippen molar-refractivity contribution in [3.05, 3.63) is 75.0 Å². The third-order valence-electron chi connectivity index (χ3n) is 5.04. The molecular weight excluding hydrogens is 345 g/mol. The van der Waals surface area contributed by atoms with Crippen LogP contribution in [0, 0.1) is 17.1 Å². The number of H-pyrrole nitrogens is 1. The van der Waals surface area contributed by atoms with E-state index in [0.717, 1.165) is 18.4 Å². The Hall–Kier alpha value is -3.20. The van der Waals surface area contributed by atoms with E-state index in [2.05, 4.69) is 10.3 Å². The van der Waals surface area contributed by atoms with Crippen molar-refractivity contribution in [3.63, 3.8) is 0 Å². The first-order valence-corrected chi connectivity index (χ1v) is 9.00. The van der Waals surface area contributed by atoms with Gasteiger partial charge in [0, 0.05) is 29.3 Å². The van der Waals surface area contributed by atoms with Crippen LogP contribution in [0.5, 0.6) is 0 Å². The molecule has 2 aromatic rings. The van der Waals surface area contributed by atoms with Gasteiger partial charge in [-0.15, -0.1) is 0 Å². The van der Waals surface area contributed by atoms with Crippen LogP contribution in [-0.4, -0.2) is 16.9 Å². The number of carbonyl (C=O) groups excluding carboxylic acids is 1. The molecule has 1 saturated heterocycles. The Kier molecular flexibility index (Phi) is 4.36. The molecule has 0 spiro atoms. The number of nitrogens with one attached hydrogen (secondary N) is 2. The average Bonchev–Trinajstić information content (AvgIpc) is 3.42. The van der Waals surface area contributed by atoms with E-state index in [1.165, 1.54) is 12.1 Å². The normalized spacial score (nSPS) is 19.6.